The minimum absolute atomic E-state index is 0.0634. The summed E-state index contributed by atoms with van der Waals surface area (Å²) in [6.45, 7) is 2.05. The van der Waals surface area contributed by atoms with E-state index >= 15 is 0 Å². The summed E-state index contributed by atoms with van der Waals surface area (Å²) in [5.74, 6) is 0.828. The SMILES string of the molecule is CCN1C(=O)C2CCCCC2N(CC(=O)Nc2ccc(Oc3ccccc3)cc2)C1=O. The molecule has 2 aromatic carbocycles. The number of benzene rings is 2. The molecule has 1 saturated carbocycles. The zero-order valence-corrected chi connectivity index (χ0v) is 17.6. The van der Waals surface area contributed by atoms with Gasteiger partial charge in [-0.1, -0.05) is 31.0 Å². The summed E-state index contributed by atoms with van der Waals surface area (Å²) in [6, 6.07) is 16.0. The van der Waals surface area contributed by atoms with Crippen LogP contribution in [0.25, 0.3) is 0 Å². The lowest BCUT2D eigenvalue weighted by molar-refractivity contribution is -0.141. The molecule has 2 atom stereocenters. The van der Waals surface area contributed by atoms with E-state index < -0.39 is 0 Å². The molecule has 2 aromatic rings. The number of fused-ring (bicyclic) bond motifs is 1. The van der Waals surface area contributed by atoms with Gasteiger partial charge in [-0.2, -0.15) is 0 Å². The fourth-order valence-corrected chi connectivity index (χ4v) is 4.43. The van der Waals surface area contributed by atoms with Crippen LogP contribution in [0.2, 0.25) is 0 Å². The second-order valence-electron chi connectivity index (χ2n) is 7.94. The first-order chi connectivity index (χ1) is 15.1. The van der Waals surface area contributed by atoms with Gasteiger partial charge >= 0.3 is 6.03 Å². The van der Waals surface area contributed by atoms with Gasteiger partial charge in [0.05, 0.1) is 5.92 Å². The number of ether oxygens (including phenoxy) is 1. The smallest absolute Gasteiger partial charge is 0.327 e. The first-order valence-electron chi connectivity index (χ1n) is 10.8. The third-order valence-electron chi connectivity index (χ3n) is 5.94. The van der Waals surface area contributed by atoms with E-state index in [-0.39, 0.29) is 36.3 Å². The maximum atomic E-state index is 12.9. The van der Waals surface area contributed by atoms with E-state index in [1.54, 1.807) is 36.1 Å². The number of hydrogen-bond donors (Lipinski definition) is 1. The molecule has 2 aliphatic rings. The van der Waals surface area contributed by atoms with Crippen LogP contribution in [0.15, 0.2) is 54.6 Å². The largest absolute Gasteiger partial charge is 0.457 e. The Morgan fingerprint density at radius 2 is 1.68 bits per heavy atom. The van der Waals surface area contributed by atoms with Gasteiger partial charge in [-0.25, -0.2) is 4.79 Å². The summed E-state index contributed by atoms with van der Waals surface area (Å²) in [7, 11) is 0. The van der Waals surface area contributed by atoms with E-state index in [0.717, 1.165) is 31.4 Å². The van der Waals surface area contributed by atoms with Crippen molar-refractivity contribution in [2.45, 2.75) is 38.6 Å². The summed E-state index contributed by atoms with van der Waals surface area (Å²) >= 11 is 0. The van der Waals surface area contributed by atoms with Crippen molar-refractivity contribution in [2.24, 2.45) is 5.92 Å². The lowest BCUT2D eigenvalue weighted by atomic mass is 9.81. The van der Waals surface area contributed by atoms with Crippen molar-refractivity contribution in [1.29, 1.82) is 0 Å². The van der Waals surface area contributed by atoms with Crippen LogP contribution in [0.5, 0.6) is 11.5 Å². The minimum Gasteiger partial charge on any atom is -0.457 e. The van der Waals surface area contributed by atoms with Crippen molar-refractivity contribution in [3.05, 3.63) is 54.6 Å². The lowest BCUT2D eigenvalue weighted by Crippen LogP contribution is -2.63. The molecule has 0 spiro atoms. The zero-order chi connectivity index (χ0) is 21.8. The van der Waals surface area contributed by atoms with Crippen LogP contribution in [0.3, 0.4) is 0 Å². The normalized spacial score (nSPS) is 20.9. The molecule has 1 heterocycles. The van der Waals surface area contributed by atoms with E-state index in [2.05, 4.69) is 5.32 Å². The van der Waals surface area contributed by atoms with Gasteiger partial charge in [0, 0.05) is 18.3 Å². The maximum Gasteiger partial charge on any atom is 0.327 e. The van der Waals surface area contributed by atoms with Gasteiger partial charge in [-0.15, -0.1) is 0 Å². The first kappa shape index (κ1) is 20.9. The molecule has 1 aliphatic heterocycles. The molecule has 2 unspecified atom stereocenters. The summed E-state index contributed by atoms with van der Waals surface area (Å²) in [5, 5.41) is 2.85. The van der Waals surface area contributed by atoms with Crippen LogP contribution in [0.4, 0.5) is 10.5 Å². The molecule has 31 heavy (non-hydrogen) atoms. The molecule has 162 valence electrons. The van der Waals surface area contributed by atoms with E-state index in [0.29, 0.717) is 18.0 Å². The Morgan fingerprint density at radius 1 is 1.00 bits per heavy atom. The van der Waals surface area contributed by atoms with E-state index in [1.165, 1.54) is 4.90 Å². The van der Waals surface area contributed by atoms with Gasteiger partial charge in [0.25, 0.3) is 0 Å². The van der Waals surface area contributed by atoms with Crippen LogP contribution in [-0.4, -0.2) is 46.8 Å². The molecule has 0 radical (unpaired) electrons. The van der Waals surface area contributed by atoms with Crippen molar-refractivity contribution < 1.29 is 19.1 Å². The highest BCUT2D eigenvalue weighted by molar-refractivity contribution is 6.01. The molecule has 0 bridgehead atoms. The Morgan fingerprint density at radius 3 is 2.39 bits per heavy atom. The van der Waals surface area contributed by atoms with Crippen LogP contribution < -0.4 is 10.1 Å². The summed E-state index contributed by atoms with van der Waals surface area (Å²) in [4.78, 5) is 41.1. The van der Waals surface area contributed by atoms with Gasteiger partial charge in [-0.05, 0) is 56.2 Å². The number of carbonyl (C=O) groups is 3. The molecule has 4 rings (SSSR count). The van der Waals surface area contributed by atoms with Gasteiger partial charge in [0.15, 0.2) is 0 Å². The van der Waals surface area contributed by atoms with Gasteiger partial charge < -0.3 is 15.0 Å². The second-order valence-corrected chi connectivity index (χ2v) is 7.94. The molecule has 1 saturated heterocycles. The third kappa shape index (κ3) is 4.55. The average molecular weight is 421 g/mol. The molecular weight excluding hydrogens is 394 g/mol. The highest BCUT2D eigenvalue weighted by atomic mass is 16.5. The molecule has 0 aromatic heterocycles. The Bertz CT molecular complexity index is 945. The zero-order valence-electron chi connectivity index (χ0n) is 17.6. The molecule has 1 aliphatic carbocycles. The first-order valence-corrected chi connectivity index (χ1v) is 10.8. The fraction of sp³-hybridized carbons (Fsp3) is 0.375. The number of urea groups is 1. The fourth-order valence-electron chi connectivity index (χ4n) is 4.43. The maximum absolute atomic E-state index is 12.9. The molecular formula is C24H27N3O4. The molecule has 4 amide bonds. The average Bonchev–Trinajstić information content (AvgIpc) is 2.79. The number of imide groups is 1. The standard InChI is InChI=1S/C24H27N3O4/c1-2-26-23(29)20-10-6-7-11-21(20)27(24(26)30)16-22(28)25-17-12-14-19(15-13-17)31-18-8-4-3-5-9-18/h3-5,8-9,12-15,20-21H,2,6-7,10-11,16H2,1H3,(H,25,28). The highest BCUT2D eigenvalue weighted by Gasteiger charge is 2.46. The number of anilines is 1. The number of carbonyl (C=O) groups excluding carboxylic acids is 3. The molecule has 1 N–H and O–H groups in total. The number of para-hydroxylation sites is 1. The predicted molar refractivity (Wildman–Crippen MR) is 117 cm³/mol. The summed E-state index contributed by atoms with van der Waals surface area (Å²) < 4.78 is 5.76. The van der Waals surface area contributed by atoms with Crippen molar-refractivity contribution in [3.8, 4) is 11.5 Å². The Labute approximate surface area is 182 Å². The van der Waals surface area contributed by atoms with Crippen LogP contribution in [0, 0.1) is 5.92 Å². The number of rotatable bonds is 6. The van der Waals surface area contributed by atoms with Crippen molar-refractivity contribution in [2.75, 3.05) is 18.4 Å². The number of nitrogens with one attached hydrogen (secondary N) is 1. The minimum atomic E-state index is -0.364. The van der Waals surface area contributed by atoms with Crippen molar-refractivity contribution >= 4 is 23.5 Å². The van der Waals surface area contributed by atoms with E-state index in [1.807, 2.05) is 30.3 Å². The number of hydrogen-bond acceptors (Lipinski definition) is 4. The predicted octanol–water partition coefficient (Wildman–Crippen LogP) is 4.26. The monoisotopic (exact) mass is 421 g/mol. The molecule has 2 fully saturated rings. The Kier molecular flexibility index (Phi) is 6.21. The Balaban J connectivity index is 1.40. The van der Waals surface area contributed by atoms with E-state index in [9.17, 15) is 14.4 Å². The van der Waals surface area contributed by atoms with Crippen molar-refractivity contribution in [3.63, 3.8) is 0 Å². The summed E-state index contributed by atoms with van der Waals surface area (Å²) in [5.41, 5.74) is 0.624. The number of nitrogens with zero attached hydrogens (tertiary/aromatic N) is 2. The van der Waals surface area contributed by atoms with Crippen LogP contribution >= 0.6 is 0 Å². The van der Waals surface area contributed by atoms with Crippen molar-refractivity contribution in [1.82, 2.24) is 9.80 Å². The van der Waals surface area contributed by atoms with Gasteiger partial charge in [-0.3, -0.25) is 14.5 Å². The number of amides is 4. The second kappa shape index (κ2) is 9.20. The summed E-state index contributed by atoms with van der Waals surface area (Å²) in [6.07, 6.45) is 3.48. The van der Waals surface area contributed by atoms with Crippen LogP contribution in [-0.2, 0) is 9.59 Å². The van der Waals surface area contributed by atoms with E-state index in [4.69, 9.17) is 4.74 Å². The van der Waals surface area contributed by atoms with Gasteiger partial charge in [0.1, 0.15) is 18.0 Å². The quantitative estimate of drug-likeness (QED) is 0.756. The third-order valence-corrected chi connectivity index (χ3v) is 5.94. The lowest BCUT2D eigenvalue weighted by Gasteiger charge is -2.46. The molecule has 7 nitrogen and oxygen atoms in total. The Hall–Kier alpha value is -3.35. The highest BCUT2D eigenvalue weighted by Crippen LogP contribution is 2.34. The topological polar surface area (TPSA) is 79.0 Å². The molecule has 7 heteroatoms. The van der Waals surface area contributed by atoms with Gasteiger partial charge in [0.2, 0.25) is 11.8 Å². The van der Waals surface area contributed by atoms with Crippen LogP contribution in [0.1, 0.15) is 32.6 Å².